The molecular formula is C15H18ClNO. The van der Waals surface area contributed by atoms with Crippen LogP contribution in [0.5, 0.6) is 0 Å². The van der Waals surface area contributed by atoms with E-state index in [1.165, 1.54) is 13.1 Å². The maximum absolute atomic E-state index is 10.5. The summed E-state index contributed by atoms with van der Waals surface area (Å²) in [5, 5.41) is 0.764. The molecule has 0 aliphatic rings. The number of hydrogen-bond donors (Lipinski definition) is 1. The van der Waals surface area contributed by atoms with Crippen LogP contribution < -0.4 is 5.73 Å². The number of hydrogen-bond acceptors (Lipinski definition) is 2. The van der Waals surface area contributed by atoms with Gasteiger partial charge >= 0.3 is 0 Å². The van der Waals surface area contributed by atoms with Crippen LogP contribution in [0.15, 0.2) is 54.8 Å². The third kappa shape index (κ3) is 7.47. The molecule has 0 aromatic heterocycles. The van der Waals surface area contributed by atoms with Crippen molar-refractivity contribution < 1.29 is 4.79 Å². The standard InChI is InChI=1S/C8H7Cl.C7H11NO/c1-2-7-3-5-8(9)6-4-7;1-6(7(2)9)4-3-5-8/h2-6H,1H2;3-5H,8H2,1-2H3/b;5-3-,6-4+. The van der Waals surface area contributed by atoms with E-state index >= 15 is 0 Å². The third-order valence-electron chi connectivity index (χ3n) is 2.12. The van der Waals surface area contributed by atoms with Crippen molar-refractivity contribution in [3.05, 3.63) is 65.4 Å². The molecule has 0 radical (unpaired) electrons. The van der Waals surface area contributed by atoms with Crippen molar-refractivity contribution in [3.63, 3.8) is 0 Å². The van der Waals surface area contributed by atoms with Crippen LogP contribution >= 0.6 is 11.6 Å². The van der Waals surface area contributed by atoms with Gasteiger partial charge in [0.15, 0.2) is 5.78 Å². The highest BCUT2D eigenvalue weighted by molar-refractivity contribution is 6.30. The Balaban J connectivity index is 0.000000321. The molecule has 0 heterocycles. The van der Waals surface area contributed by atoms with E-state index < -0.39 is 0 Å². The van der Waals surface area contributed by atoms with Gasteiger partial charge in [0.05, 0.1) is 0 Å². The van der Waals surface area contributed by atoms with E-state index in [4.69, 9.17) is 17.3 Å². The lowest BCUT2D eigenvalue weighted by molar-refractivity contribution is -0.113. The second-order valence-corrected chi connectivity index (χ2v) is 3.98. The quantitative estimate of drug-likeness (QED) is 0.662. The SMILES string of the molecule is C=Cc1ccc(Cl)cc1.CC(=O)/C(C)=C/C=C\N. The predicted molar refractivity (Wildman–Crippen MR) is 79.3 cm³/mol. The number of halogens is 1. The number of ketones is 1. The number of allylic oxidation sites excluding steroid dienone is 3. The van der Waals surface area contributed by atoms with E-state index in [1.807, 2.05) is 24.3 Å². The van der Waals surface area contributed by atoms with E-state index in [2.05, 4.69) is 6.58 Å². The molecule has 0 bridgehead atoms. The third-order valence-corrected chi connectivity index (χ3v) is 2.37. The van der Waals surface area contributed by atoms with Gasteiger partial charge in [0.2, 0.25) is 0 Å². The van der Waals surface area contributed by atoms with Crippen LogP contribution in [-0.2, 0) is 4.79 Å². The van der Waals surface area contributed by atoms with Gasteiger partial charge in [-0.05, 0) is 49.4 Å². The maximum Gasteiger partial charge on any atom is 0.155 e. The van der Waals surface area contributed by atoms with Crippen molar-refractivity contribution in [3.8, 4) is 0 Å². The Labute approximate surface area is 113 Å². The lowest BCUT2D eigenvalue weighted by atomic mass is 10.2. The lowest BCUT2D eigenvalue weighted by Crippen LogP contribution is -1.89. The van der Waals surface area contributed by atoms with E-state index in [1.54, 1.807) is 25.2 Å². The van der Waals surface area contributed by atoms with Crippen LogP contribution in [0.2, 0.25) is 5.02 Å². The number of Topliss-reactive ketones (excluding diaryl/α,β-unsaturated/α-hetero) is 1. The number of nitrogens with two attached hydrogens (primary N) is 1. The second-order valence-electron chi connectivity index (χ2n) is 3.55. The summed E-state index contributed by atoms with van der Waals surface area (Å²) in [6.45, 7) is 6.89. The van der Waals surface area contributed by atoms with Crippen LogP contribution in [0.1, 0.15) is 19.4 Å². The van der Waals surface area contributed by atoms with Gasteiger partial charge in [-0.15, -0.1) is 0 Å². The Morgan fingerprint density at radius 2 is 1.83 bits per heavy atom. The lowest BCUT2D eigenvalue weighted by Gasteiger charge is -1.89. The summed E-state index contributed by atoms with van der Waals surface area (Å²) in [6.07, 6.45) is 6.50. The topological polar surface area (TPSA) is 43.1 Å². The average molecular weight is 264 g/mol. The minimum atomic E-state index is 0.0769. The molecular weight excluding hydrogens is 246 g/mol. The zero-order chi connectivity index (χ0) is 14.0. The maximum atomic E-state index is 10.5. The van der Waals surface area contributed by atoms with E-state index in [0.29, 0.717) is 0 Å². The molecule has 96 valence electrons. The number of benzene rings is 1. The fourth-order valence-corrected chi connectivity index (χ4v) is 1.04. The minimum Gasteiger partial charge on any atom is -0.405 e. The zero-order valence-corrected chi connectivity index (χ0v) is 11.4. The van der Waals surface area contributed by atoms with Crippen molar-refractivity contribution in [1.82, 2.24) is 0 Å². The highest BCUT2D eigenvalue weighted by Crippen LogP contribution is 2.09. The van der Waals surface area contributed by atoms with Gasteiger partial charge in [-0.2, -0.15) is 0 Å². The molecule has 0 spiro atoms. The van der Waals surface area contributed by atoms with Gasteiger partial charge in [0.1, 0.15) is 0 Å². The Bertz CT molecular complexity index is 444. The van der Waals surface area contributed by atoms with Crippen LogP contribution in [0.25, 0.3) is 6.08 Å². The summed E-state index contributed by atoms with van der Waals surface area (Å²) in [5.74, 6) is 0.0769. The van der Waals surface area contributed by atoms with Crippen molar-refractivity contribution >= 4 is 23.5 Å². The smallest absolute Gasteiger partial charge is 0.155 e. The molecule has 0 aliphatic heterocycles. The first-order chi connectivity index (χ1) is 8.51. The van der Waals surface area contributed by atoms with Crippen LogP contribution in [0, 0.1) is 0 Å². The molecule has 1 aromatic carbocycles. The summed E-state index contributed by atoms with van der Waals surface area (Å²) < 4.78 is 0. The first kappa shape index (κ1) is 16.2. The Morgan fingerprint density at radius 1 is 1.28 bits per heavy atom. The molecule has 1 rings (SSSR count). The second kappa shape index (κ2) is 9.25. The molecule has 1 aromatic rings. The highest BCUT2D eigenvalue weighted by atomic mass is 35.5. The molecule has 2 N–H and O–H groups in total. The molecule has 3 heteroatoms. The molecule has 0 saturated carbocycles. The molecule has 18 heavy (non-hydrogen) atoms. The number of carbonyl (C=O) groups excluding carboxylic acids is 1. The zero-order valence-electron chi connectivity index (χ0n) is 10.7. The van der Waals surface area contributed by atoms with Crippen LogP contribution in [-0.4, -0.2) is 5.78 Å². The Hall–Kier alpha value is -1.80. The van der Waals surface area contributed by atoms with Gasteiger partial charge in [0, 0.05) is 5.02 Å². The first-order valence-electron chi connectivity index (χ1n) is 5.45. The summed E-state index contributed by atoms with van der Waals surface area (Å²) in [5.41, 5.74) is 6.86. The Morgan fingerprint density at radius 3 is 2.22 bits per heavy atom. The van der Waals surface area contributed by atoms with E-state index in [-0.39, 0.29) is 5.78 Å². The molecule has 0 unspecified atom stereocenters. The van der Waals surface area contributed by atoms with Crippen molar-refractivity contribution in [2.24, 2.45) is 5.73 Å². The molecule has 0 amide bonds. The summed E-state index contributed by atoms with van der Waals surface area (Å²) >= 11 is 5.63. The van der Waals surface area contributed by atoms with Gasteiger partial charge in [-0.25, -0.2) is 0 Å². The van der Waals surface area contributed by atoms with Crippen molar-refractivity contribution in [1.29, 1.82) is 0 Å². The fourth-order valence-electron chi connectivity index (χ4n) is 0.916. The van der Waals surface area contributed by atoms with Gasteiger partial charge in [-0.1, -0.05) is 42.5 Å². The van der Waals surface area contributed by atoms with Crippen molar-refractivity contribution in [2.45, 2.75) is 13.8 Å². The van der Waals surface area contributed by atoms with Crippen molar-refractivity contribution in [2.75, 3.05) is 0 Å². The molecule has 2 nitrogen and oxygen atoms in total. The Kier molecular flexibility index (Phi) is 8.33. The molecule has 0 aliphatic carbocycles. The number of carbonyl (C=O) groups is 1. The minimum absolute atomic E-state index is 0.0769. The van der Waals surface area contributed by atoms with Crippen LogP contribution in [0.4, 0.5) is 0 Å². The largest absolute Gasteiger partial charge is 0.405 e. The predicted octanol–water partition coefficient (Wildman–Crippen LogP) is 3.98. The van der Waals surface area contributed by atoms with E-state index in [9.17, 15) is 4.79 Å². The van der Waals surface area contributed by atoms with Gasteiger partial charge in [0.25, 0.3) is 0 Å². The van der Waals surface area contributed by atoms with Gasteiger partial charge < -0.3 is 5.73 Å². The summed E-state index contributed by atoms with van der Waals surface area (Å²) in [6, 6.07) is 7.54. The molecule has 0 saturated heterocycles. The normalized spacial score (nSPS) is 10.7. The highest BCUT2D eigenvalue weighted by Gasteiger charge is 1.90. The molecule has 0 fully saturated rings. The monoisotopic (exact) mass is 263 g/mol. The summed E-state index contributed by atoms with van der Waals surface area (Å²) in [4.78, 5) is 10.5. The molecule has 0 atom stereocenters. The van der Waals surface area contributed by atoms with Crippen LogP contribution in [0.3, 0.4) is 0 Å². The van der Waals surface area contributed by atoms with E-state index in [0.717, 1.165) is 16.2 Å². The fraction of sp³-hybridized carbons (Fsp3) is 0.133. The summed E-state index contributed by atoms with van der Waals surface area (Å²) in [7, 11) is 0. The first-order valence-corrected chi connectivity index (χ1v) is 5.83. The van der Waals surface area contributed by atoms with Gasteiger partial charge in [-0.3, -0.25) is 4.79 Å². The average Bonchev–Trinajstić information content (AvgIpc) is 2.37. The number of rotatable bonds is 3.